The normalized spacial score (nSPS) is 11.4. The van der Waals surface area contributed by atoms with Gasteiger partial charge in [0.2, 0.25) is 0 Å². The van der Waals surface area contributed by atoms with E-state index in [1.807, 2.05) is 54.8 Å². The number of carbonyl (C=O) groups excluding carboxylic acids is 2. The molecule has 0 aliphatic rings. The minimum Gasteiger partial charge on any atom is -0.321 e. The largest absolute Gasteiger partial charge is 0.321 e. The van der Waals surface area contributed by atoms with Gasteiger partial charge in [0.15, 0.2) is 0 Å². The molecule has 0 spiro atoms. The van der Waals surface area contributed by atoms with Crippen molar-refractivity contribution in [2.24, 2.45) is 5.10 Å². The van der Waals surface area contributed by atoms with Crippen LogP contribution in [-0.4, -0.2) is 17.5 Å². The van der Waals surface area contributed by atoms with Crippen LogP contribution in [0.4, 0.5) is 5.69 Å². The summed E-state index contributed by atoms with van der Waals surface area (Å²) in [6.07, 6.45) is 0. The molecule has 1 aromatic heterocycles. The average molecular weight is 406 g/mol. The van der Waals surface area contributed by atoms with Crippen LogP contribution in [0.15, 0.2) is 71.1 Å². The smallest absolute Gasteiger partial charge is 0.271 e. The number of amides is 2. The molecule has 2 aromatic carbocycles. The van der Waals surface area contributed by atoms with Gasteiger partial charge in [0, 0.05) is 11.3 Å². The fourth-order valence-corrected chi connectivity index (χ4v) is 3.32. The second-order valence-electron chi connectivity index (χ2n) is 6.93. The number of benzene rings is 2. The van der Waals surface area contributed by atoms with Gasteiger partial charge in [-0.15, -0.1) is 11.3 Å². The highest BCUT2D eigenvalue weighted by atomic mass is 32.1. The van der Waals surface area contributed by atoms with Crippen LogP contribution in [0, 0.1) is 0 Å². The molecule has 0 saturated carbocycles. The van der Waals surface area contributed by atoms with E-state index in [4.69, 9.17) is 0 Å². The second-order valence-corrected chi connectivity index (χ2v) is 7.87. The second kappa shape index (κ2) is 9.30. The van der Waals surface area contributed by atoms with Crippen molar-refractivity contribution in [3.05, 3.63) is 87.6 Å². The Labute approximate surface area is 174 Å². The first-order valence-electron chi connectivity index (χ1n) is 9.34. The van der Waals surface area contributed by atoms with Crippen molar-refractivity contribution >= 4 is 34.6 Å². The number of carbonyl (C=O) groups is 2. The van der Waals surface area contributed by atoms with Gasteiger partial charge >= 0.3 is 0 Å². The van der Waals surface area contributed by atoms with E-state index >= 15 is 0 Å². The van der Waals surface area contributed by atoms with Crippen LogP contribution in [0.1, 0.15) is 57.8 Å². The van der Waals surface area contributed by atoms with E-state index in [1.165, 1.54) is 16.9 Å². The van der Waals surface area contributed by atoms with E-state index in [1.54, 1.807) is 18.2 Å². The van der Waals surface area contributed by atoms with Gasteiger partial charge in [0.05, 0.1) is 10.6 Å². The van der Waals surface area contributed by atoms with Gasteiger partial charge in [-0.3, -0.25) is 9.59 Å². The minimum atomic E-state index is -0.262. The Hall–Kier alpha value is -3.25. The lowest BCUT2D eigenvalue weighted by Gasteiger charge is -2.08. The van der Waals surface area contributed by atoms with Crippen LogP contribution in [-0.2, 0) is 0 Å². The fraction of sp³-hybridized carbons (Fsp3) is 0.174. The van der Waals surface area contributed by atoms with Crippen molar-refractivity contribution in [3.63, 3.8) is 0 Å². The Bertz CT molecular complexity index is 1020. The zero-order chi connectivity index (χ0) is 20.8. The summed E-state index contributed by atoms with van der Waals surface area (Å²) < 4.78 is 0. The Kier molecular flexibility index (Phi) is 6.57. The van der Waals surface area contributed by atoms with Crippen LogP contribution in [0.3, 0.4) is 0 Å². The lowest BCUT2D eigenvalue weighted by molar-refractivity contribution is 0.0954. The molecule has 6 heteroatoms. The highest BCUT2D eigenvalue weighted by Gasteiger charge is 2.09. The molecule has 0 unspecified atom stereocenters. The van der Waals surface area contributed by atoms with Crippen LogP contribution in [0.5, 0.6) is 0 Å². The predicted molar refractivity (Wildman–Crippen MR) is 119 cm³/mol. The first-order chi connectivity index (χ1) is 13.9. The van der Waals surface area contributed by atoms with Crippen LogP contribution >= 0.6 is 11.3 Å². The third-order valence-corrected chi connectivity index (χ3v) is 5.32. The molecule has 0 atom stereocenters. The highest BCUT2D eigenvalue weighted by molar-refractivity contribution is 7.12. The maximum atomic E-state index is 12.3. The van der Waals surface area contributed by atoms with Crippen molar-refractivity contribution in [2.75, 3.05) is 5.32 Å². The molecule has 1 heterocycles. The van der Waals surface area contributed by atoms with E-state index < -0.39 is 0 Å². The fourth-order valence-electron chi connectivity index (χ4n) is 2.71. The summed E-state index contributed by atoms with van der Waals surface area (Å²) in [5, 5.41) is 8.94. The minimum absolute atomic E-state index is 0.148. The van der Waals surface area contributed by atoms with E-state index in [-0.39, 0.29) is 11.8 Å². The Balaban J connectivity index is 1.66. The number of hydrogen-bond donors (Lipinski definition) is 2. The highest BCUT2D eigenvalue weighted by Crippen LogP contribution is 2.16. The molecular weight excluding hydrogens is 382 g/mol. The third-order valence-electron chi connectivity index (χ3n) is 4.45. The van der Waals surface area contributed by atoms with Crippen molar-refractivity contribution < 1.29 is 9.59 Å². The molecule has 2 amide bonds. The molecule has 0 aliphatic carbocycles. The Morgan fingerprint density at radius 2 is 1.69 bits per heavy atom. The van der Waals surface area contributed by atoms with Crippen molar-refractivity contribution in [1.29, 1.82) is 0 Å². The molecule has 3 rings (SSSR count). The van der Waals surface area contributed by atoms with Gasteiger partial charge in [-0.2, -0.15) is 5.10 Å². The van der Waals surface area contributed by atoms with Gasteiger partial charge in [0.25, 0.3) is 11.8 Å². The summed E-state index contributed by atoms with van der Waals surface area (Å²) in [5.74, 6) is 0.00617. The molecule has 3 aromatic rings. The molecule has 0 bridgehead atoms. The summed E-state index contributed by atoms with van der Waals surface area (Å²) in [5.41, 5.74) is 6.46. The number of nitrogens with one attached hydrogen (secondary N) is 2. The number of rotatable bonds is 6. The molecule has 0 saturated heterocycles. The maximum Gasteiger partial charge on any atom is 0.271 e. The molecule has 5 nitrogen and oxygen atoms in total. The van der Waals surface area contributed by atoms with Gasteiger partial charge in [-0.25, -0.2) is 5.43 Å². The van der Waals surface area contributed by atoms with E-state index in [0.29, 0.717) is 27.8 Å². The van der Waals surface area contributed by atoms with E-state index in [2.05, 4.69) is 29.7 Å². The maximum absolute atomic E-state index is 12.3. The van der Waals surface area contributed by atoms with Crippen molar-refractivity contribution in [3.8, 4) is 0 Å². The Morgan fingerprint density at radius 1 is 0.931 bits per heavy atom. The predicted octanol–water partition coefficient (Wildman–Crippen LogP) is 5.28. The SMILES string of the molecule is CC(=NNC(=O)c1ccc(C(C)C)cc1)c1cccc(NC(=O)c2cccs2)c1. The van der Waals surface area contributed by atoms with Gasteiger partial charge in [-0.05, 0) is 59.7 Å². The zero-order valence-corrected chi connectivity index (χ0v) is 17.4. The summed E-state index contributed by atoms with van der Waals surface area (Å²) in [6.45, 7) is 6.03. The van der Waals surface area contributed by atoms with Gasteiger partial charge < -0.3 is 5.32 Å². The quantitative estimate of drug-likeness (QED) is 0.433. The molecule has 0 fully saturated rings. The van der Waals surface area contributed by atoms with Crippen LogP contribution in [0.25, 0.3) is 0 Å². The molecule has 29 heavy (non-hydrogen) atoms. The molecule has 2 N–H and O–H groups in total. The number of hydrogen-bond acceptors (Lipinski definition) is 4. The third kappa shape index (κ3) is 5.39. The first kappa shape index (κ1) is 20.5. The number of nitrogens with zero attached hydrogens (tertiary/aromatic N) is 1. The standard InChI is InChI=1S/C23H23N3O2S/c1-15(2)17-9-11-18(12-10-17)22(27)26-25-16(3)19-6-4-7-20(14-19)24-23(28)21-8-5-13-29-21/h4-15H,1-3H3,(H,24,28)(H,26,27). The van der Waals surface area contributed by atoms with Crippen molar-refractivity contribution in [1.82, 2.24) is 5.43 Å². The number of thiophene rings is 1. The lowest BCUT2D eigenvalue weighted by Crippen LogP contribution is -2.19. The monoisotopic (exact) mass is 405 g/mol. The molecule has 0 aliphatic heterocycles. The summed E-state index contributed by atoms with van der Waals surface area (Å²) in [6, 6.07) is 18.5. The van der Waals surface area contributed by atoms with Crippen molar-refractivity contribution in [2.45, 2.75) is 26.7 Å². The first-order valence-corrected chi connectivity index (χ1v) is 10.2. The van der Waals surface area contributed by atoms with E-state index in [9.17, 15) is 9.59 Å². The molecular formula is C23H23N3O2S. The number of anilines is 1. The van der Waals surface area contributed by atoms with Gasteiger partial charge in [-0.1, -0.05) is 44.2 Å². The summed E-state index contributed by atoms with van der Waals surface area (Å²) in [4.78, 5) is 25.2. The lowest BCUT2D eigenvalue weighted by atomic mass is 10.0. The summed E-state index contributed by atoms with van der Waals surface area (Å²) in [7, 11) is 0. The summed E-state index contributed by atoms with van der Waals surface area (Å²) >= 11 is 1.39. The number of hydrazone groups is 1. The van der Waals surface area contributed by atoms with Crippen LogP contribution < -0.4 is 10.7 Å². The topological polar surface area (TPSA) is 70.6 Å². The Morgan fingerprint density at radius 3 is 2.34 bits per heavy atom. The molecule has 0 radical (unpaired) electrons. The average Bonchev–Trinajstić information content (AvgIpc) is 3.27. The van der Waals surface area contributed by atoms with Crippen LogP contribution in [0.2, 0.25) is 0 Å². The zero-order valence-electron chi connectivity index (χ0n) is 16.6. The van der Waals surface area contributed by atoms with Gasteiger partial charge in [0.1, 0.15) is 0 Å². The van der Waals surface area contributed by atoms with E-state index in [0.717, 1.165) is 5.56 Å². The molecule has 148 valence electrons.